The molecule has 0 saturated heterocycles. The molecule has 1 aromatic rings. The lowest BCUT2D eigenvalue weighted by Gasteiger charge is -2.20. The summed E-state index contributed by atoms with van der Waals surface area (Å²) in [6.07, 6.45) is 0. The molecule has 1 aliphatic rings. The Morgan fingerprint density at radius 3 is 2.55 bits per heavy atom. The van der Waals surface area contributed by atoms with Crippen molar-refractivity contribution in [3.8, 4) is 11.5 Å². The number of rotatable bonds is 5. The van der Waals surface area contributed by atoms with Gasteiger partial charge in [-0.05, 0) is 0 Å². The van der Waals surface area contributed by atoms with Crippen molar-refractivity contribution in [3.05, 3.63) is 17.2 Å². The van der Waals surface area contributed by atoms with Gasteiger partial charge in [-0.3, -0.25) is 4.79 Å². The summed E-state index contributed by atoms with van der Waals surface area (Å²) >= 11 is 6.00. The molecule has 1 aliphatic heterocycles. The summed E-state index contributed by atoms with van der Waals surface area (Å²) in [6.45, 7) is -0.0544. The number of carboxylic acids is 1. The van der Waals surface area contributed by atoms with Crippen LogP contribution in [0.5, 0.6) is 11.5 Å². The molecule has 8 heteroatoms. The van der Waals surface area contributed by atoms with Gasteiger partial charge in [-0.1, -0.05) is 11.6 Å². The molecule has 1 aromatic carbocycles. The topological polar surface area (TPSA) is 94.1 Å². The molecule has 20 heavy (non-hydrogen) atoms. The van der Waals surface area contributed by atoms with Gasteiger partial charge in [-0.15, -0.1) is 0 Å². The fourth-order valence-electron chi connectivity index (χ4n) is 1.58. The van der Waals surface area contributed by atoms with E-state index in [1.807, 2.05) is 0 Å². The Labute approximate surface area is 119 Å². The minimum atomic E-state index is -1.14. The first-order valence-corrected chi connectivity index (χ1v) is 6.12. The maximum Gasteiger partial charge on any atom is 0.329 e. The zero-order chi connectivity index (χ0) is 14.5. The minimum absolute atomic E-state index is 0.292. The normalized spacial score (nSPS) is 12.8. The number of aliphatic carboxylic acids is 1. The van der Waals surface area contributed by atoms with Gasteiger partial charge in [-0.25, -0.2) is 4.79 Å². The SMILES string of the molecule is O=C(O)COCC(=O)Nc1cc2c(cc1Cl)OCCO2. The third-order valence-electron chi connectivity index (χ3n) is 2.36. The number of hydrogen-bond acceptors (Lipinski definition) is 5. The molecule has 0 atom stereocenters. The maximum atomic E-state index is 11.6. The number of amides is 1. The first-order valence-electron chi connectivity index (χ1n) is 5.75. The summed E-state index contributed by atoms with van der Waals surface area (Å²) in [5.41, 5.74) is 0.347. The molecule has 7 nitrogen and oxygen atoms in total. The average molecular weight is 302 g/mol. The number of hydrogen-bond donors (Lipinski definition) is 2. The van der Waals surface area contributed by atoms with Crippen molar-refractivity contribution in [2.24, 2.45) is 0 Å². The molecule has 1 amide bonds. The zero-order valence-electron chi connectivity index (χ0n) is 10.3. The summed E-state index contributed by atoms with van der Waals surface area (Å²) < 4.78 is 15.4. The van der Waals surface area contributed by atoms with E-state index in [1.54, 1.807) is 12.1 Å². The fourth-order valence-corrected chi connectivity index (χ4v) is 1.78. The van der Waals surface area contributed by atoms with Crippen LogP contribution in [0.15, 0.2) is 12.1 Å². The third-order valence-corrected chi connectivity index (χ3v) is 2.68. The number of anilines is 1. The minimum Gasteiger partial charge on any atom is -0.486 e. The Balaban J connectivity index is 1.98. The van der Waals surface area contributed by atoms with E-state index in [0.717, 1.165) is 0 Å². The van der Waals surface area contributed by atoms with E-state index < -0.39 is 18.5 Å². The Kier molecular flexibility index (Phi) is 4.65. The molecular weight excluding hydrogens is 290 g/mol. The molecule has 0 saturated carbocycles. The van der Waals surface area contributed by atoms with Crippen LogP contribution in [0.3, 0.4) is 0 Å². The lowest BCUT2D eigenvalue weighted by molar-refractivity contribution is -0.143. The van der Waals surface area contributed by atoms with Gasteiger partial charge in [0.2, 0.25) is 5.91 Å². The lowest BCUT2D eigenvalue weighted by Crippen LogP contribution is -2.21. The van der Waals surface area contributed by atoms with Crippen LogP contribution >= 0.6 is 11.6 Å². The second-order valence-electron chi connectivity index (χ2n) is 3.91. The van der Waals surface area contributed by atoms with E-state index in [-0.39, 0.29) is 6.61 Å². The molecule has 2 N–H and O–H groups in total. The number of fused-ring (bicyclic) bond motifs is 1. The van der Waals surface area contributed by atoms with E-state index in [9.17, 15) is 9.59 Å². The number of carboxylic acid groups (broad SMARTS) is 1. The van der Waals surface area contributed by atoms with Crippen LogP contribution < -0.4 is 14.8 Å². The van der Waals surface area contributed by atoms with Gasteiger partial charge in [0, 0.05) is 12.1 Å². The van der Waals surface area contributed by atoms with Crippen LogP contribution in [0.1, 0.15) is 0 Å². The van der Waals surface area contributed by atoms with Crippen LogP contribution in [-0.4, -0.2) is 43.4 Å². The van der Waals surface area contributed by atoms with Gasteiger partial charge in [0.1, 0.15) is 26.4 Å². The van der Waals surface area contributed by atoms with Gasteiger partial charge in [0.25, 0.3) is 0 Å². The predicted octanol–water partition coefficient (Wildman–Crippen LogP) is 1.15. The third kappa shape index (κ3) is 3.75. The summed E-state index contributed by atoms with van der Waals surface area (Å²) in [5.74, 6) is -0.649. The van der Waals surface area contributed by atoms with Crippen molar-refractivity contribution in [2.45, 2.75) is 0 Å². The van der Waals surface area contributed by atoms with Gasteiger partial charge < -0.3 is 24.6 Å². The van der Waals surface area contributed by atoms with Crippen LogP contribution in [0, 0.1) is 0 Å². The van der Waals surface area contributed by atoms with E-state index in [1.165, 1.54) is 0 Å². The molecule has 0 unspecified atom stereocenters. The quantitative estimate of drug-likeness (QED) is 0.847. The summed E-state index contributed by atoms with van der Waals surface area (Å²) in [6, 6.07) is 3.09. The number of ether oxygens (including phenoxy) is 3. The highest BCUT2D eigenvalue weighted by Gasteiger charge is 2.16. The van der Waals surface area contributed by atoms with Gasteiger partial charge in [0.05, 0.1) is 10.7 Å². The zero-order valence-corrected chi connectivity index (χ0v) is 11.1. The first kappa shape index (κ1) is 14.4. The Bertz CT molecular complexity index is 533. The number of carbonyl (C=O) groups excluding carboxylic acids is 1. The highest BCUT2D eigenvalue weighted by Crippen LogP contribution is 2.37. The smallest absolute Gasteiger partial charge is 0.329 e. The standard InChI is InChI=1S/C12H12ClNO6/c13-7-3-9-10(20-2-1-19-9)4-8(7)14-11(15)5-18-6-12(16)17/h3-4H,1-2,5-6H2,(H,14,15)(H,16,17). The molecule has 2 rings (SSSR count). The predicted molar refractivity (Wildman–Crippen MR) is 69.5 cm³/mol. The van der Waals surface area contributed by atoms with Gasteiger partial charge in [0.15, 0.2) is 11.5 Å². The lowest BCUT2D eigenvalue weighted by atomic mass is 10.2. The van der Waals surface area contributed by atoms with Crippen molar-refractivity contribution in [1.82, 2.24) is 0 Å². The number of halogens is 1. The van der Waals surface area contributed by atoms with Crippen molar-refractivity contribution >= 4 is 29.2 Å². The molecule has 0 aromatic heterocycles. The van der Waals surface area contributed by atoms with Crippen molar-refractivity contribution < 1.29 is 28.9 Å². The Morgan fingerprint density at radius 2 is 1.90 bits per heavy atom. The summed E-state index contributed by atoms with van der Waals surface area (Å²) in [7, 11) is 0. The van der Waals surface area contributed by atoms with Crippen LogP contribution in [0.2, 0.25) is 5.02 Å². The number of carbonyl (C=O) groups is 2. The van der Waals surface area contributed by atoms with Crippen LogP contribution in [-0.2, 0) is 14.3 Å². The van der Waals surface area contributed by atoms with Crippen molar-refractivity contribution in [2.75, 3.05) is 31.7 Å². The Morgan fingerprint density at radius 1 is 1.25 bits per heavy atom. The highest BCUT2D eigenvalue weighted by atomic mass is 35.5. The van der Waals surface area contributed by atoms with E-state index in [0.29, 0.717) is 35.4 Å². The largest absolute Gasteiger partial charge is 0.486 e. The number of nitrogens with one attached hydrogen (secondary N) is 1. The van der Waals surface area contributed by atoms with Crippen molar-refractivity contribution in [3.63, 3.8) is 0 Å². The summed E-state index contributed by atoms with van der Waals surface area (Å²) in [4.78, 5) is 21.8. The second-order valence-corrected chi connectivity index (χ2v) is 4.32. The maximum absolute atomic E-state index is 11.6. The molecular formula is C12H12ClNO6. The number of benzene rings is 1. The monoisotopic (exact) mass is 301 g/mol. The molecule has 0 fully saturated rings. The highest BCUT2D eigenvalue weighted by molar-refractivity contribution is 6.34. The van der Waals surface area contributed by atoms with Gasteiger partial charge in [-0.2, -0.15) is 0 Å². The second kappa shape index (κ2) is 6.44. The molecule has 0 aliphatic carbocycles. The first-order chi connectivity index (χ1) is 9.56. The van der Waals surface area contributed by atoms with E-state index >= 15 is 0 Å². The molecule has 1 heterocycles. The Hall–Kier alpha value is -1.99. The van der Waals surface area contributed by atoms with Crippen LogP contribution in [0.4, 0.5) is 5.69 Å². The van der Waals surface area contributed by atoms with Gasteiger partial charge >= 0.3 is 5.97 Å². The van der Waals surface area contributed by atoms with E-state index in [2.05, 4.69) is 10.1 Å². The van der Waals surface area contributed by atoms with Crippen molar-refractivity contribution in [1.29, 1.82) is 0 Å². The average Bonchev–Trinajstić information content (AvgIpc) is 2.39. The summed E-state index contributed by atoms with van der Waals surface area (Å²) in [5, 5.41) is 11.2. The molecule has 108 valence electrons. The molecule has 0 radical (unpaired) electrons. The van der Waals surface area contributed by atoms with E-state index in [4.69, 9.17) is 26.2 Å². The molecule has 0 spiro atoms. The molecule has 0 bridgehead atoms. The fraction of sp³-hybridized carbons (Fsp3) is 0.333. The van der Waals surface area contributed by atoms with Crippen LogP contribution in [0.25, 0.3) is 0 Å².